The number of hydrogen-bond donors (Lipinski definition) is 2. The predicted octanol–water partition coefficient (Wildman–Crippen LogP) is 4.57. The number of anilines is 2. The Morgan fingerprint density at radius 1 is 0.938 bits per heavy atom. The normalized spacial score (nSPS) is 11.0. The van der Waals surface area contributed by atoms with E-state index < -0.39 is 21.7 Å². The number of aryl methyl sites for hydroxylation is 1. The van der Waals surface area contributed by atoms with Gasteiger partial charge in [0.2, 0.25) is 0 Å². The topological polar surface area (TPSA) is 102 Å². The molecule has 0 saturated heterocycles. The Morgan fingerprint density at radius 2 is 1.69 bits per heavy atom. The summed E-state index contributed by atoms with van der Waals surface area (Å²) in [5.41, 5.74) is 2.26. The summed E-state index contributed by atoms with van der Waals surface area (Å²) in [7, 11) is -1.96. The van der Waals surface area contributed by atoms with E-state index in [2.05, 4.69) is 10.6 Å². The van der Waals surface area contributed by atoms with Gasteiger partial charge in [-0.25, -0.2) is 8.42 Å². The highest BCUT2D eigenvalue weighted by molar-refractivity contribution is 7.90. The highest BCUT2D eigenvalue weighted by atomic mass is 35.5. The fraction of sp³-hybridized carbons (Fsp3) is 0.130. The summed E-state index contributed by atoms with van der Waals surface area (Å²) in [6.07, 6.45) is 1.08. The van der Waals surface area contributed by atoms with Gasteiger partial charge >= 0.3 is 0 Å². The summed E-state index contributed by atoms with van der Waals surface area (Å²) in [5, 5.41) is 5.95. The standard InChI is InChI=1S/C23H21ClN2O5S/c1-14-11-17(25-23(28)19-13-16(24)7-10-21(19)31-2)8-9-20(14)26-22(27)15-5-4-6-18(12-15)32(3,29)30/h4-13H,1-3H3,(H,25,28)(H,26,27). The molecule has 0 atom stereocenters. The first kappa shape index (κ1) is 23.3. The monoisotopic (exact) mass is 472 g/mol. The molecule has 2 amide bonds. The first-order valence-electron chi connectivity index (χ1n) is 9.45. The van der Waals surface area contributed by atoms with E-state index in [1.54, 1.807) is 37.3 Å². The third-order valence-electron chi connectivity index (χ3n) is 4.66. The van der Waals surface area contributed by atoms with Crippen molar-refractivity contribution >= 4 is 44.6 Å². The molecule has 9 heteroatoms. The van der Waals surface area contributed by atoms with E-state index in [-0.39, 0.29) is 10.5 Å². The Balaban J connectivity index is 1.77. The third kappa shape index (κ3) is 5.46. The second-order valence-corrected chi connectivity index (χ2v) is 9.53. The second-order valence-electron chi connectivity index (χ2n) is 7.08. The summed E-state index contributed by atoms with van der Waals surface area (Å²) in [6.45, 7) is 1.78. The van der Waals surface area contributed by atoms with Crippen molar-refractivity contribution in [2.45, 2.75) is 11.8 Å². The number of benzene rings is 3. The first-order valence-corrected chi connectivity index (χ1v) is 11.7. The number of nitrogens with one attached hydrogen (secondary N) is 2. The zero-order chi connectivity index (χ0) is 23.5. The van der Waals surface area contributed by atoms with E-state index in [0.717, 1.165) is 6.26 Å². The van der Waals surface area contributed by atoms with Gasteiger partial charge in [-0.3, -0.25) is 9.59 Å². The number of hydrogen-bond acceptors (Lipinski definition) is 5. The molecule has 7 nitrogen and oxygen atoms in total. The molecule has 0 bridgehead atoms. The summed E-state index contributed by atoms with van der Waals surface area (Å²) in [5.74, 6) is -0.444. The molecular weight excluding hydrogens is 452 g/mol. The predicted molar refractivity (Wildman–Crippen MR) is 125 cm³/mol. The lowest BCUT2D eigenvalue weighted by molar-refractivity contribution is 0.101. The fourth-order valence-electron chi connectivity index (χ4n) is 3.00. The van der Waals surface area contributed by atoms with Gasteiger partial charge < -0.3 is 15.4 Å². The second kappa shape index (κ2) is 9.42. The van der Waals surface area contributed by atoms with Gasteiger partial charge in [-0.15, -0.1) is 0 Å². The van der Waals surface area contributed by atoms with E-state index in [1.807, 2.05) is 0 Å². The largest absolute Gasteiger partial charge is 0.496 e. The molecule has 0 saturated carbocycles. The van der Waals surface area contributed by atoms with Crippen LogP contribution >= 0.6 is 11.6 Å². The molecule has 32 heavy (non-hydrogen) atoms. The first-order chi connectivity index (χ1) is 15.1. The molecule has 166 valence electrons. The van der Waals surface area contributed by atoms with Gasteiger partial charge in [0, 0.05) is 28.2 Å². The maximum Gasteiger partial charge on any atom is 0.259 e. The minimum absolute atomic E-state index is 0.0661. The van der Waals surface area contributed by atoms with Gasteiger partial charge in [-0.1, -0.05) is 17.7 Å². The fourth-order valence-corrected chi connectivity index (χ4v) is 3.84. The SMILES string of the molecule is COc1ccc(Cl)cc1C(=O)Nc1ccc(NC(=O)c2cccc(S(C)(=O)=O)c2)c(C)c1. The summed E-state index contributed by atoms with van der Waals surface area (Å²) >= 11 is 5.99. The van der Waals surface area contributed by atoms with Crippen LogP contribution in [0.5, 0.6) is 5.75 Å². The lowest BCUT2D eigenvalue weighted by Gasteiger charge is -2.13. The molecule has 3 rings (SSSR count). The average molecular weight is 473 g/mol. The molecule has 0 aliphatic carbocycles. The van der Waals surface area contributed by atoms with Crippen LogP contribution in [0.15, 0.2) is 65.6 Å². The van der Waals surface area contributed by atoms with E-state index in [9.17, 15) is 18.0 Å². The number of amides is 2. The Labute approximate surface area is 191 Å². The third-order valence-corrected chi connectivity index (χ3v) is 6.01. The van der Waals surface area contributed by atoms with E-state index in [4.69, 9.17) is 16.3 Å². The van der Waals surface area contributed by atoms with Crippen molar-refractivity contribution in [1.29, 1.82) is 0 Å². The molecule has 0 heterocycles. The molecule has 0 aliphatic heterocycles. The van der Waals surface area contributed by atoms with Gasteiger partial charge in [0.25, 0.3) is 11.8 Å². The van der Waals surface area contributed by atoms with E-state index in [0.29, 0.717) is 33.3 Å². The number of methoxy groups -OCH3 is 1. The summed E-state index contributed by atoms with van der Waals surface area (Å²) < 4.78 is 28.7. The van der Waals surface area contributed by atoms with Crippen molar-refractivity contribution in [3.63, 3.8) is 0 Å². The zero-order valence-electron chi connectivity index (χ0n) is 17.6. The number of halogens is 1. The van der Waals surface area contributed by atoms with Crippen LogP contribution in [0, 0.1) is 6.92 Å². The van der Waals surface area contributed by atoms with E-state index in [1.165, 1.54) is 37.4 Å². The molecule has 0 aromatic heterocycles. The van der Waals surface area contributed by atoms with Crippen LogP contribution in [0.2, 0.25) is 5.02 Å². The number of sulfone groups is 1. The summed E-state index contributed by atoms with van der Waals surface area (Å²) in [6, 6.07) is 15.6. The minimum Gasteiger partial charge on any atom is -0.496 e. The van der Waals surface area contributed by atoms with Crippen molar-refractivity contribution in [3.05, 3.63) is 82.4 Å². The molecule has 0 aliphatic rings. The quantitative estimate of drug-likeness (QED) is 0.547. The van der Waals surface area contributed by atoms with Gasteiger partial charge in [0.05, 0.1) is 17.6 Å². The van der Waals surface area contributed by atoms with Crippen molar-refractivity contribution in [2.75, 3.05) is 24.0 Å². The maximum atomic E-state index is 12.6. The lowest BCUT2D eigenvalue weighted by Crippen LogP contribution is -2.15. The van der Waals surface area contributed by atoms with E-state index >= 15 is 0 Å². The molecule has 0 spiro atoms. The van der Waals surface area contributed by atoms with Crippen molar-refractivity contribution in [3.8, 4) is 5.75 Å². The van der Waals surface area contributed by atoms with Gasteiger partial charge in [0.15, 0.2) is 9.84 Å². The van der Waals surface area contributed by atoms with Crippen LogP contribution in [0.1, 0.15) is 26.3 Å². The molecular formula is C23H21ClN2O5S. The molecule has 0 fully saturated rings. The number of rotatable bonds is 6. The summed E-state index contributed by atoms with van der Waals surface area (Å²) in [4.78, 5) is 25.3. The molecule has 3 aromatic rings. The van der Waals surface area contributed by atoms with Crippen molar-refractivity contribution < 1.29 is 22.7 Å². The number of carbonyl (C=O) groups excluding carboxylic acids is 2. The van der Waals surface area contributed by atoms with Crippen LogP contribution in [0.3, 0.4) is 0 Å². The molecule has 0 radical (unpaired) electrons. The van der Waals surface area contributed by atoms with Gasteiger partial charge in [-0.2, -0.15) is 0 Å². The number of ether oxygens (including phenoxy) is 1. The average Bonchev–Trinajstić information content (AvgIpc) is 2.75. The van der Waals surface area contributed by atoms with Crippen LogP contribution < -0.4 is 15.4 Å². The Hall–Kier alpha value is -3.36. The molecule has 0 unspecified atom stereocenters. The number of carbonyl (C=O) groups is 2. The van der Waals surface area contributed by atoms with Gasteiger partial charge in [-0.05, 0) is 67.1 Å². The lowest BCUT2D eigenvalue weighted by atomic mass is 10.1. The van der Waals surface area contributed by atoms with Crippen LogP contribution in [0.4, 0.5) is 11.4 Å². The van der Waals surface area contributed by atoms with Gasteiger partial charge in [0.1, 0.15) is 5.75 Å². The van der Waals surface area contributed by atoms with Crippen LogP contribution in [-0.2, 0) is 9.84 Å². The van der Waals surface area contributed by atoms with Crippen molar-refractivity contribution in [2.24, 2.45) is 0 Å². The van der Waals surface area contributed by atoms with Crippen molar-refractivity contribution in [1.82, 2.24) is 0 Å². The Kier molecular flexibility index (Phi) is 6.86. The zero-order valence-corrected chi connectivity index (χ0v) is 19.2. The maximum absolute atomic E-state index is 12.6. The van der Waals surface area contributed by atoms with Crippen LogP contribution in [0.25, 0.3) is 0 Å². The van der Waals surface area contributed by atoms with Crippen LogP contribution in [-0.4, -0.2) is 33.6 Å². The molecule has 3 aromatic carbocycles. The smallest absolute Gasteiger partial charge is 0.259 e. The highest BCUT2D eigenvalue weighted by Crippen LogP contribution is 2.25. The highest BCUT2D eigenvalue weighted by Gasteiger charge is 2.15. The molecule has 2 N–H and O–H groups in total. The minimum atomic E-state index is -3.43. The Morgan fingerprint density at radius 3 is 2.34 bits per heavy atom. The Bertz CT molecular complexity index is 1310.